The van der Waals surface area contributed by atoms with Crippen molar-refractivity contribution in [3.63, 3.8) is 0 Å². The fraction of sp³-hybridized carbons (Fsp3) is 0.273. The lowest BCUT2D eigenvalue weighted by Crippen LogP contribution is -2.11. The Kier molecular flexibility index (Phi) is 12.8. The summed E-state index contributed by atoms with van der Waals surface area (Å²) in [7, 11) is 0. The molecule has 7 aromatic carbocycles. The fourth-order valence-corrected chi connectivity index (χ4v) is 9.97. The third kappa shape index (κ3) is 9.25. The molecule has 70 heavy (non-hydrogen) atoms. The maximum Gasteiger partial charge on any atom is 0.149 e. The van der Waals surface area contributed by atoms with Gasteiger partial charge < -0.3 is 5.11 Å². The van der Waals surface area contributed by atoms with Crippen LogP contribution in [0.2, 0.25) is 0 Å². The predicted molar refractivity (Wildman–Crippen MR) is 298 cm³/mol. The number of phenols is 1. The second-order valence-electron chi connectivity index (χ2n) is 22.4. The van der Waals surface area contributed by atoms with Crippen LogP contribution < -0.4 is 0 Å². The first-order valence-electron chi connectivity index (χ1n) is 25.2. The minimum absolute atomic E-state index is 0.0808. The molecule has 0 unspecified atom stereocenters. The van der Waals surface area contributed by atoms with E-state index in [9.17, 15) is 5.11 Å². The molecule has 2 aromatic heterocycles. The molecule has 0 aliphatic heterocycles. The van der Waals surface area contributed by atoms with Gasteiger partial charge in [0.25, 0.3) is 0 Å². The van der Waals surface area contributed by atoms with E-state index < -0.39 is 0 Å². The molecule has 0 radical (unpaired) electrons. The van der Waals surface area contributed by atoms with Crippen LogP contribution in [0.4, 0.5) is 0 Å². The van der Waals surface area contributed by atoms with Crippen molar-refractivity contribution in [3.8, 4) is 78.6 Å². The van der Waals surface area contributed by atoms with Crippen LogP contribution in [0.1, 0.15) is 134 Å². The standard InChI is InChI=1S/C66H69N3O/c1-40(2)48-37-56(42(5)6)63(70)57(38-48)64-68-62-55(49-34-50(36-52(35-49)66(11,12)13)58-39-46(31-32-67-58)44-25-28-51(29-26-44)65(8,9)10)23-18-24-60(62)69(64)59-30-27-47(33-43(59)7)61-53(41(3)4)21-17-22-54(61)45-19-15-14-16-20-45/h14-42,70H,1-13H3. The summed E-state index contributed by atoms with van der Waals surface area (Å²) in [5.41, 5.74) is 21.8. The van der Waals surface area contributed by atoms with E-state index in [-0.39, 0.29) is 28.4 Å². The normalized spacial score (nSPS) is 12.2. The quantitative estimate of drug-likeness (QED) is 0.149. The van der Waals surface area contributed by atoms with Crippen LogP contribution >= 0.6 is 0 Å². The Balaban J connectivity index is 1.27. The van der Waals surface area contributed by atoms with Crippen molar-refractivity contribution in [2.45, 2.75) is 119 Å². The molecule has 0 aliphatic rings. The van der Waals surface area contributed by atoms with E-state index >= 15 is 0 Å². The van der Waals surface area contributed by atoms with Crippen molar-refractivity contribution in [2.24, 2.45) is 0 Å². The SMILES string of the molecule is Cc1cc(-c2c(-c3ccccc3)cccc2C(C)C)ccc1-n1c(-c2cc(C(C)C)cc(C(C)C)c2O)nc2c(-c3cc(-c4cc(-c5ccc(C(C)(C)C)cc5)ccn4)cc(C(C)(C)C)c3)cccc21. The van der Waals surface area contributed by atoms with Gasteiger partial charge in [0.15, 0.2) is 0 Å². The van der Waals surface area contributed by atoms with Gasteiger partial charge in [0.1, 0.15) is 11.6 Å². The number of para-hydroxylation sites is 1. The van der Waals surface area contributed by atoms with Crippen LogP contribution in [0.5, 0.6) is 5.75 Å². The van der Waals surface area contributed by atoms with Gasteiger partial charge in [0, 0.05) is 17.3 Å². The summed E-state index contributed by atoms with van der Waals surface area (Å²) in [4.78, 5) is 10.7. The number of phenolic OH excluding ortho intramolecular Hbond substituents is 1. The average Bonchev–Trinajstić information content (AvgIpc) is 3.72. The zero-order chi connectivity index (χ0) is 49.8. The highest BCUT2D eigenvalue weighted by Gasteiger charge is 2.26. The fourth-order valence-electron chi connectivity index (χ4n) is 9.97. The largest absolute Gasteiger partial charge is 0.507 e. The molecule has 9 aromatic rings. The van der Waals surface area contributed by atoms with Crippen molar-refractivity contribution in [1.29, 1.82) is 0 Å². The number of hydrogen-bond donors (Lipinski definition) is 1. The van der Waals surface area contributed by atoms with Crippen molar-refractivity contribution >= 4 is 11.0 Å². The van der Waals surface area contributed by atoms with Gasteiger partial charge in [0.05, 0.1) is 28.0 Å². The summed E-state index contributed by atoms with van der Waals surface area (Å²) in [6.07, 6.45) is 1.93. The highest BCUT2D eigenvalue weighted by Crippen LogP contribution is 2.45. The van der Waals surface area contributed by atoms with Crippen molar-refractivity contribution < 1.29 is 5.11 Å². The van der Waals surface area contributed by atoms with E-state index in [4.69, 9.17) is 9.97 Å². The lowest BCUT2D eigenvalue weighted by atomic mass is 9.83. The molecule has 354 valence electrons. The van der Waals surface area contributed by atoms with Crippen molar-refractivity contribution in [1.82, 2.24) is 14.5 Å². The molecule has 0 fully saturated rings. The lowest BCUT2D eigenvalue weighted by molar-refractivity contribution is 0.466. The van der Waals surface area contributed by atoms with Gasteiger partial charge in [-0.2, -0.15) is 0 Å². The van der Waals surface area contributed by atoms with E-state index in [2.05, 4.69) is 246 Å². The smallest absolute Gasteiger partial charge is 0.149 e. The van der Waals surface area contributed by atoms with Gasteiger partial charge in [-0.3, -0.25) is 9.55 Å². The third-order valence-electron chi connectivity index (χ3n) is 14.2. The van der Waals surface area contributed by atoms with Gasteiger partial charge in [-0.1, -0.05) is 186 Å². The van der Waals surface area contributed by atoms with Gasteiger partial charge in [-0.15, -0.1) is 0 Å². The lowest BCUT2D eigenvalue weighted by Gasteiger charge is -2.22. The topological polar surface area (TPSA) is 50.9 Å². The zero-order valence-corrected chi connectivity index (χ0v) is 43.5. The second-order valence-corrected chi connectivity index (χ2v) is 22.4. The first-order chi connectivity index (χ1) is 33.3. The van der Waals surface area contributed by atoms with Gasteiger partial charge in [0.2, 0.25) is 0 Å². The Morgan fingerprint density at radius 1 is 0.486 bits per heavy atom. The molecule has 0 amide bonds. The van der Waals surface area contributed by atoms with E-state index in [1.54, 1.807) is 0 Å². The molecule has 0 bridgehead atoms. The Morgan fingerprint density at radius 2 is 1.14 bits per heavy atom. The number of rotatable bonds is 10. The Labute approximate surface area is 417 Å². The van der Waals surface area contributed by atoms with Crippen LogP contribution in [0.25, 0.3) is 83.9 Å². The van der Waals surface area contributed by atoms with Crippen molar-refractivity contribution in [3.05, 3.63) is 191 Å². The van der Waals surface area contributed by atoms with E-state index in [1.165, 1.54) is 50.1 Å². The molecule has 1 N–H and O–H groups in total. The molecule has 2 heterocycles. The highest BCUT2D eigenvalue weighted by molar-refractivity contribution is 5.97. The van der Waals surface area contributed by atoms with E-state index in [0.29, 0.717) is 11.7 Å². The first-order valence-corrected chi connectivity index (χ1v) is 25.2. The molecule has 0 spiro atoms. The zero-order valence-electron chi connectivity index (χ0n) is 43.5. The Bertz CT molecular complexity index is 3370. The summed E-state index contributed by atoms with van der Waals surface area (Å²) < 4.78 is 2.29. The first kappa shape index (κ1) is 48.0. The van der Waals surface area contributed by atoms with Crippen molar-refractivity contribution in [2.75, 3.05) is 0 Å². The van der Waals surface area contributed by atoms with Crippen LogP contribution in [-0.2, 0) is 10.8 Å². The number of benzene rings is 7. The summed E-state index contributed by atoms with van der Waals surface area (Å²) >= 11 is 0. The molecule has 4 heteroatoms. The predicted octanol–water partition coefficient (Wildman–Crippen LogP) is 18.4. The molecule has 0 saturated carbocycles. The van der Waals surface area contributed by atoms with E-state index in [1.807, 2.05) is 6.20 Å². The Hall–Kier alpha value is -7.04. The number of pyridine rings is 1. The van der Waals surface area contributed by atoms with Crippen LogP contribution in [-0.4, -0.2) is 19.6 Å². The number of hydrogen-bond acceptors (Lipinski definition) is 3. The minimum atomic E-state index is -0.146. The number of aromatic nitrogens is 3. The summed E-state index contributed by atoms with van der Waals surface area (Å²) in [5, 5.41) is 12.4. The Morgan fingerprint density at radius 3 is 1.80 bits per heavy atom. The molecule has 0 aliphatic carbocycles. The molecule has 0 atom stereocenters. The number of aryl methyl sites for hydroxylation is 1. The average molecular weight is 920 g/mol. The van der Waals surface area contributed by atoms with Gasteiger partial charge in [-0.25, -0.2) is 4.98 Å². The summed E-state index contributed by atoms with van der Waals surface area (Å²) in [6.45, 7) is 29.1. The number of aromatic hydroxyl groups is 1. The maximum atomic E-state index is 12.4. The van der Waals surface area contributed by atoms with Gasteiger partial charge >= 0.3 is 0 Å². The molecule has 4 nitrogen and oxygen atoms in total. The number of imidazole rings is 1. The van der Waals surface area contributed by atoms with Crippen LogP contribution in [0, 0.1) is 6.92 Å². The summed E-state index contributed by atoms with van der Waals surface area (Å²) in [6, 6.07) is 55.3. The monoisotopic (exact) mass is 920 g/mol. The third-order valence-corrected chi connectivity index (χ3v) is 14.2. The van der Waals surface area contributed by atoms with Gasteiger partial charge in [-0.05, 0) is 156 Å². The summed E-state index contributed by atoms with van der Waals surface area (Å²) in [5.74, 6) is 1.68. The highest BCUT2D eigenvalue weighted by atomic mass is 16.3. The number of fused-ring (bicyclic) bond motifs is 1. The van der Waals surface area contributed by atoms with Crippen LogP contribution in [0.3, 0.4) is 0 Å². The van der Waals surface area contributed by atoms with Crippen LogP contribution in [0.15, 0.2) is 158 Å². The molecule has 9 rings (SSSR count). The second kappa shape index (κ2) is 18.7. The minimum Gasteiger partial charge on any atom is -0.507 e. The molecular formula is C66H69N3O. The molecular weight excluding hydrogens is 851 g/mol. The molecule has 0 saturated heterocycles. The maximum absolute atomic E-state index is 12.4. The van der Waals surface area contributed by atoms with E-state index in [0.717, 1.165) is 61.4 Å². The number of nitrogens with zero attached hydrogens (tertiary/aromatic N) is 3.